The first-order valence-electron chi connectivity index (χ1n) is 8.88. The summed E-state index contributed by atoms with van der Waals surface area (Å²) in [6, 6.07) is 0. The SMILES string of the molecule is C=C1C(=O)OC2C(O)=C(CO)CCC=C(CO)CC(OC(=O)C(C)=CC)C12. The van der Waals surface area contributed by atoms with E-state index in [9.17, 15) is 24.9 Å². The van der Waals surface area contributed by atoms with E-state index < -0.39 is 36.7 Å². The third-order valence-corrected chi connectivity index (χ3v) is 5.01. The molecule has 7 heteroatoms. The van der Waals surface area contributed by atoms with E-state index in [4.69, 9.17) is 9.47 Å². The Bertz CT molecular complexity index is 712. The maximum atomic E-state index is 12.3. The van der Waals surface area contributed by atoms with Crippen molar-refractivity contribution in [2.75, 3.05) is 13.2 Å². The van der Waals surface area contributed by atoms with Crippen LogP contribution in [0.4, 0.5) is 0 Å². The molecule has 2 rings (SSSR count). The Balaban J connectivity index is 2.51. The second-order valence-electron chi connectivity index (χ2n) is 6.70. The molecule has 27 heavy (non-hydrogen) atoms. The van der Waals surface area contributed by atoms with Gasteiger partial charge in [-0.2, -0.15) is 0 Å². The van der Waals surface area contributed by atoms with E-state index in [1.54, 1.807) is 26.0 Å². The Morgan fingerprint density at radius 1 is 1.41 bits per heavy atom. The number of allylic oxidation sites excluding steroid dienone is 2. The quantitative estimate of drug-likeness (QED) is 0.389. The lowest BCUT2D eigenvalue weighted by Crippen LogP contribution is -2.36. The minimum atomic E-state index is -1.09. The molecule has 1 heterocycles. The fourth-order valence-electron chi connectivity index (χ4n) is 3.23. The summed E-state index contributed by atoms with van der Waals surface area (Å²) < 4.78 is 10.9. The molecule has 0 amide bonds. The molecule has 2 aliphatic rings. The average molecular weight is 378 g/mol. The van der Waals surface area contributed by atoms with Gasteiger partial charge in [0.1, 0.15) is 11.9 Å². The Labute approximate surface area is 158 Å². The van der Waals surface area contributed by atoms with Crippen molar-refractivity contribution in [3.05, 3.63) is 46.8 Å². The van der Waals surface area contributed by atoms with E-state index in [-0.39, 0.29) is 24.4 Å². The van der Waals surface area contributed by atoms with Crippen LogP contribution >= 0.6 is 0 Å². The van der Waals surface area contributed by atoms with E-state index >= 15 is 0 Å². The molecule has 3 unspecified atom stereocenters. The van der Waals surface area contributed by atoms with Crippen LogP contribution in [0.1, 0.15) is 33.1 Å². The number of hydrogen-bond acceptors (Lipinski definition) is 7. The van der Waals surface area contributed by atoms with Gasteiger partial charge in [0.2, 0.25) is 0 Å². The maximum absolute atomic E-state index is 12.3. The van der Waals surface area contributed by atoms with Crippen molar-refractivity contribution in [1.82, 2.24) is 0 Å². The third kappa shape index (κ3) is 4.48. The lowest BCUT2D eigenvalue weighted by Gasteiger charge is -2.29. The van der Waals surface area contributed by atoms with Gasteiger partial charge in [-0.3, -0.25) is 0 Å². The van der Waals surface area contributed by atoms with Crippen molar-refractivity contribution in [3.8, 4) is 0 Å². The number of carbonyl (C=O) groups is 2. The van der Waals surface area contributed by atoms with Gasteiger partial charge in [-0.05, 0) is 37.8 Å². The second kappa shape index (κ2) is 9.01. The highest BCUT2D eigenvalue weighted by atomic mass is 16.6. The summed E-state index contributed by atoms with van der Waals surface area (Å²) in [5, 5.41) is 29.9. The first kappa shape index (κ1) is 20.9. The van der Waals surface area contributed by atoms with Crippen LogP contribution in [0.3, 0.4) is 0 Å². The van der Waals surface area contributed by atoms with Gasteiger partial charge in [-0.25, -0.2) is 9.59 Å². The van der Waals surface area contributed by atoms with Gasteiger partial charge in [0.05, 0.1) is 19.1 Å². The number of esters is 2. The van der Waals surface area contributed by atoms with Gasteiger partial charge in [0, 0.05) is 17.6 Å². The van der Waals surface area contributed by atoms with Gasteiger partial charge in [0.15, 0.2) is 6.10 Å². The molecule has 0 spiro atoms. The number of aliphatic hydroxyl groups is 3. The summed E-state index contributed by atoms with van der Waals surface area (Å²) in [6.07, 6.45) is 2.43. The van der Waals surface area contributed by atoms with Crippen molar-refractivity contribution >= 4 is 11.9 Å². The second-order valence-corrected chi connectivity index (χ2v) is 6.70. The van der Waals surface area contributed by atoms with Gasteiger partial charge < -0.3 is 24.8 Å². The Morgan fingerprint density at radius 3 is 2.70 bits per heavy atom. The standard InChI is InChI=1S/C20H26O7/c1-4-11(2)19(24)26-15-8-13(9-21)6-5-7-14(10-22)17(23)18-16(15)12(3)20(25)27-18/h4,6,15-16,18,21-23H,3,5,7-10H2,1-2H3. The molecule has 0 aromatic heterocycles. The van der Waals surface area contributed by atoms with Crippen LogP contribution in [0.5, 0.6) is 0 Å². The Hall–Kier alpha value is -2.38. The van der Waals surface area contributed by atoms with E-state index in [0.29, 0.717) is 29.6 Å². The molecule has 3 atom stereocenters. The largest absolute Gasteiger partial charge is 0.508 e. The molecule has 1 saturated heterocycles. The van der Waals surface area contributed by atoms with Crippen LogP contribution in [-0.2, 0) is 19.1 Å². The number of rotatable bonds is 4. The number of ether oxygens (including phenoxy) is 2. The summed E-state index contributed by atoms with van der Waals surface area (Å²) >= 11 is 0. The molecule has 0 aromatic carbocycles. The first-order valence-corrected chi connectivity index (χ1v) is 8.88. The summed E-state index contributed by atoms with van der Waals surface area (Å²) in [4.78, 5) is 24.4. The number of aliphatic hydroxyl groups excluding tert-OH is 3. The first-order chi connectivity index (χ1) is 12.8. The molecule has 0 bridgehead atoms. The minimum absolute atomic E-state index is 0.0811. The number of hydrogen-bond donors (Lipinski definition) is 3. The van der Waals surface area contributed by atoms with Crippen LogP contribution < -0.4 is 0 Å². The molecular formula is C20H26O7. The van der Waals surface area contributed by atoms with E-state index in [1.165, 1.54) is 0 Å². The van der Waals surface area contributed by atoms with E-state index in [0.717, 1.165) is 0 Å². The monoisotopic (exact) mass is 378 g/mol. The lowest BCUT2D eigenvalue weighted by molar-refractivity contribution is -0.148. The molecule has 0 aromatic rings. The van der Waals surface area contributed by atoms with Crippen LogP contribution in [0.2, 0.25) is 0 Å². The summed E-state index contributed by atoms with van der Waals surface area (Å²) in [6.45, 7) is 6.42. The topological polar surface area (TPSA) is 113 Å². The highest BCUT2D eigenvalue weighted by molar-refractivity contribution is 5.92. The summed E-state index contributed by atoms with van der Waals surface area (Å²) in [5.74, 6) is -2.31. The number of fused-ring (bicyclic) bond motifs is 1. The molecule has 0 saturated carbocycles. The predicted octanol–water partition coefficient (Wildman–Crippen LogP) is 1.87. The fourth-order valence-corrected chi connectivity index (χ4v) is 3.23. The summed E-state index contributed by atoms with van der Waals surface area (Å²) in [7, 11) is 0. The van der Waals surface area contributed by atoms with Gasteiger partial charge in [-0.1, -0.05) is 18.7 Å². The van der Waals surface area contributed by atoms with Gasteiger partial charge >= 0.3 is 11.9 Å². The molecule has 1 aliphatic heterocycles. The maximum Gasteiger partial charge on any atom is 0.334 e. The highest BCUT2D eigenvalue weighted by Gasteiger charge is 2.48. The minimum Gasteiger partial charge on any atom is -0.508 e. The van der Waals surface area contributed by atoms with Crippen molar-refractivity contribution in [1.29, 1.82) is 0 Å². The fraction of sp³-hybridized carbons (Fsp3) is 0.500. The smallest absolute Gasteiger partial charge is 0.334 e. The average Bonchev–Trinajstić information content (AvgIpc) is 2.96. The van der Waals surface area contributed by atoms with Crippen molar-refractivity contribution in [2.24, 2.45) is 5.92 Å². The highest BCUT2D eigenvalue weighted by Crippen LogP contribution is 2.38. The predicted molar refractivity (Wildman–Crippen MR) is 97.6 cm³/mol. The zero-order valence-electron chi connectivity index (χ0n) is 15.6. The van der Waals surface area contributed by atoms with Gasteiger partial charge in [0.25, 0.3) is 0 Å². The van der Waals surface area contributed by atoms with Crippen molar-refractivity contribution in [2.45, 2.75) is 45.3 Å². The molecule has 0 radical (unpaired) electrons. The Kier molecular flexibility index (Phi) is 6.98. The zero-order valence-corrected chi connectivity index (χ0v) is 15.6. The van der Waals surface area contributed by atoms with Crippen LogP contribution in [0.25, 0.3) is 0 Å². The normalized spacial score (nSPS) is 27.0. The molecule has 7 nitrogen and oxygen atoms in total. The van der Waals surface area contributed by atoms with E-state index in [2.05, 4.69) is 6.58 Å². The zero-order chi connectivity index (χ0) is 20.1. The van der Waals surface area contributed by atoms with Crippen LogP contribution in [0.15, 0.2) is 46.8 Å². The molecule has 148 valence electrons. The molecule has 1 aliphatic carbocycles. The number of carbonyl (C=O) groups excluding carboxylic acids is 2. The van der Waals surface area contributed by atoms with Crippen LogP contribution in [0, 0.1) is 5.92 Å². The van der Waals surface area contributed by atoms with Crippen molar-refractivity contribution in [3.63, 3.8) is 0 Å². The molecule has 1 fully saturated rings. The summed E-state index contributed by atoms with van der Waals surface area (Å²) in [5.41, 5.74) is 1.44. The molecular weight excluding hydrogens is 352 g/mol. The van der Waals surface area contributed by atoms with Crippen molar-refractivity contribution < 1.29 is 34.4 Å². The van der Waals surface area contributed by atoms with Crippen LogP contribution in [-0.4, -0.2) is 52.7 Å². The molecule has 3 N–H and O–H groups in total. The third-order valence-electron chi connectivity index (χ3n) is 5.01. The lowest BCUT2D eigenvalue weighted by atomic mass is 9.84. The Morgan fingerprint density at radius 2 is 2.11 bits per heavy atom. The van der Waals surface area contributed by atoms with E-state index in [1.807, 2.05) is 0 Å². The van der Waals surface area contributed by atoms with Gasteiger partial charge in [-0.15, -0.1) is 0 Å².